The predicted octanol–water partition coefficient (Wildman–Crippen LogP) is 2.86. The molecule has 0 saturated heterocycles. The fourth-order valence-corrected chi connectivity index (χ4v) is 1.95. The Morgan fingerprint density at radius 2 is 2.20 bits per heavy atom. The molecule has 0 radical (unpaired) electrons. The molecule has 0 bridgehead atoms. The van der Waals surface area contributed by atoms with Crippen molar-refractivity contribution in [2.75, 3.05) is 18.5 Å². The summed E-state index contributed by atoms with van der Waals surface area (Å²) in [4.78, 5) is 11.9. The summed E-state index contributed by atoms with van der Waals surface area (Å²) in [6.07, 6.45) is 3.94. The maximum atomic E-state index is 11.9. The Morgan fingerprint density at radius 3 is 2.90 bits per heavy atom. The highest BCUT2D eigenvalue weighted by atomic mass is 16.5. The fourth-order valence-electron chi connectivity index (χ4n) is 1.95. The van der Waals surface area contributed by atoms with E-state index in [0.717, 1.165) is 30.0 Å². The molecule has 1 amide bonds. The van der Waals surface area contributed by atoms with Crippen molar-refractivity contribution in [2.45, 2.75) is 45.6 Å². The summed E-state index contributed by atoms with van der Waals surface area (Å²) < 4.78 is 5.69. The van der Waals surface area contributed by atoms with Crippen LogP contribution in [0.25, 0.3) is 0 Å². The van der Waals surface area contributed by atoms with Crippen molar-refractivity contribution in [3.63, 3.8) is 0 Å². The van der Waals surface area contributed by atoms with E-state index in [4.69, 9.17) is 4.74 Å². The van der Waals surface area contributed by atoms with Crippen molar-refractivity contribution in [1.82, 2.24) is 5.32 Å². The first-order valence-electron chi connectivity index (χ1n) is 7.45. The number of anilines is 1. The number of hydrogen-bond acceptors (Lipinski definition) is 3. The highest BCUT2D eigenvalue weighted by Gasteiger charge is 2.20. The van der Waals surface area contributed by atoms with E-state index in [2.05, 4.69) is 17.6 Å². The van der Waals surface area contributed by atoms with E-state index in [1.807, 2.05) is 25.1 Å². The smallest absolute Gasteiger partial charge is 0.225 e. The first-order chi connectivity index (χ1) is 9.69. The van der Waals surface area contributed by atoms with Crippen LogP contribution in [0.1, 0.15) is 38.2 Å². The lowest BCUT2D eigenvalue weighted by atomic mass is 10.2. The number of hydrogen-bond donors (Lipinski definition) is 2. The number of nitrogens with one attached hydrogen (secondary N) is 2. The second kappa shape index (κ2) is 7.29. The molecular formula is C16H24N2O2. The molecule has 1 aromatic carbocycles. The topological polar surface area (TPSA) is 50.4 Å². The quantitative estimate of drug-likeness (QED) is 0.767. The Hall–Kier alpha value is -1.55. The minimum atomic E-state index is 0.0309. The van der Waals surface area contributed by atoms with Crippen LogP contribution in [0.2, 0.25) is 0 Å². The van der Waals surface area contributed by atoms with Crippen molar-refractivity contribution in [1.29, 1.82) is 0 Å². The Morgan fingerprint density at radius 1 is 1.40 bits per heavy atom. The van der Waals surface area contributed by atoms with Gasteiger partial charge in [-0.1, -0.05) is 13.0 Å². The van der Waals surface area contributed by atoms with Crippen molar-refractivity contribution < 1.29 is 9.53 Å². The summed E-state index contributed by atoms with van der Waals surface area (Å²) in [6, 6.07) is 6.50. The fraction of sp³-hybridized carbons (Fsp3) is 0.562. The lowest BCUT2D eigenvalue weighted by Crippen LogP contribution is -2.23. The molecule has 0 aromatic heterocycles. The van der Waals surface area contributed by atoms with E-state index >= 15 is 0 Å². The second-order valence-electron chi connectivity index (χ2n) is 5.37. The summed E-state index contributed by atoms with van der Waals surface area (Å²) in [5.41, 5.74) is 1.89. The molecule has 1 fully saturated rings. The van der Waals surface area contributed by atoms with Gasteiger partial charge in [0.25, 0.3) is 0 Å². The molecule has 0 aliphatic heterocycles. The van der Waals surface area contributed by atoms with Gasteiger partial charge in [0.1, 0.15) is 5.75 Å². The highest BCUT2D eigenvalue weighted by molar-refractivity contribution is 5.92. The van der Waals surface area contributed by atoms with E-state index in [9.17, 15) is 4.79 Å². The highest BCUT2D eigenvalue weighted by Crippen LogP contribution is 2.26. The summed E-state index contributed by atoms with van der Waals surface area (Å²) >= 11 is 0. The maximum absolute atomic E-state index is 11.9. The molecule has 4 nitrogen and oxygen atoms in total. The normalized spacial score (nSPS) is 14.1. The molecule has 1 aromatic rings. The SMILES string of the molecule is CCCOc1cc(C)ccc1NC(=O)CCNC1CC1. The Balaban J connectivity index is 1.87. The second-order valence-corrected chi connectivity index (χ2v) is 5.37. The van der Waals surface area contributed by atoms with Crippen LogP contribution < -0.4 is 15.4 Å². The number of ether oxygens (including phenoxy) is 1. The van der Waals surface area contributed by atoms with Crippen LogP contribution in [0.5, 0.6) is 5.75 Å². The van der Waals surface area contributed by atoms with Gasteiger partial charge >= 0.3 is 0 Å². The zero-order valence-electron chi connectivity index (χ0n) is 12.4. The van der Waals surface area contributed by atoms with E-state index in [1.54, 1.807) is 0 Å². The number of amides is 1. The molecule has 2 N–H and O–H groups in total. The average Bonchev–Trinajstić information content (AvgIpc) is 3.23. The molecule has 2 rings (SSSR count). The third kappa shape index (κ3) is 4.85. The molecule has 1 aliphatic carbocycles. The lowest BCUT2D eigenvalue weighted by Gasteiger charge is -2.13. The minimum Gasteiger partial charge on any atom is -0.491 e. The Kier molecular flexibility index (Phi) is 5.41. The third-order valence-corrected chi connectivity index (χ3v) is 3.24. The van der Waals surface area contributed by atoms with E-state index in [1.165, 1.54) is 12.8 Å². The van der Waals surface area contributed by atoms with Gasteiger partial charge in [0.15, 0.2) is 0 Å². The summed E-state index contributed by atoms with van der Waals surface area (Å²) in [7, 11) is 0. The number of benzene rings is 1. The van der Waals surface area contributed by atoms with Crippen LogP contribution >= 0.6 is 0 Å². The van der Waals surface area contributed by atoms with Crippen molar-refractivity contribution >= 4 is 11.6 Å². The molecule has 0 atom stereocenters. The summed E-state index contributed by atoms with van der Waals surface area (Å²) in [5, 5.41) is 6.28. The number of rotatable bonds is 8. The van der Waals surface area contributed by atoms with Gasteiger partial charge in [-0.05, 0) is 43.9 Å². The van der Waals surface area contributed by atoms with Gasteiger partial charge in [-0.25, -0.2) is 0 Å². The number of carbonyl (C=O) groups is 1. The minimum absolute atomic E-state index is 0.0309. The first kappa shape index (κ1) is 14.9. The zero-order chi connectivity index (χ0) is 14.4. The molecule has 0 heterocycles. The van der Waals surface area contributed by atoms with Crippen LogP contribution in [-0.2, 0) is 4.79 Å². The van der Waals surface area contributed by atoms with Gasteiger partial charge < -0.3 is 15.4 Å². The summed E-state index contributed by atoms with van der Waals surface area (Å²) in [6.45, 7) is 5.49. The van der Waals surface area contributed by atoms with Crippen LogP contribution in [0.3, 0.4) is 0 Å². The average molecular weight is 276 g/mol. The molecular weight excluding hydrogens is 252 g/mol. The molecule has 4 heteroatoms. The third-order valence-electron chi connectivity index (χ3n) is 3.24. The van der Waals surface area contributed by atoms with Crippen molar-refractivity contribution in [2.24, 2.45) is 0 Å². The van der Waals surface area contributed by atoms with E-state index in [0.29, 0.717) is 19.1 Å². The van der Waals surface area contributed by atoms with Gasteiger partial charge in [0.2, 0.25) is 5.91 Å². The molecule has 1 saturated carbocycles. The Labute approximate surface area is 120 Å². The lowest BCUT2D eigenvalue weighted by molar-refractivity contribution is -0.116. The molecule has 110 valence electrons. The Bertz CT molecular complexity index is 456. The van der Waals surface area contributed by atoms with Gasteiger partial charge in [0.05, 0.1) is 12.3 Å². The zero-order valence-corrected chi connectivity index (χ0v) is 12.4. The van der Waals surface area contributed by atoms with Crippen molar-refractivity contribution in [3.05, 3.63) is 23.8 Å². The molecule has 0 spiro atoms. The van der Waals surface area contributed by atoms with Crippen LogP contribution in [0, 0.1) is 6.92 Å². The molecule has 1 aliphatic rings. The predicted molar refractivity (Wildman–Crippen MR) is 81.2 cm³/mol. The van der Waals surface area contributed by atoms with Gasteiger partial charge in [-0.3, -0.25) is 4.79 Å². The van der Waals surface area contributed by atoms with Crippen LogP contribution in [-0.4, -0.2) is 25.1 Å². The monoisotopic (exact) mass is 276 g/mol. The maximum Gasteiger partial charge on any atom is 0.225 e. The van der Waals surface area contributed by atoms with Gasteiger partial charge in [-0.15, -0.1) is 0 Å². The van der Waals surface area contributed by atoms with E-state index < -0.39 is 0 Å². The number of aryl methyl sites for hydroxylation is 1. The largest absolute Gasteiger partial charge is 0.491 e. The van der Waals surface area contributed by atoms with Crippen LogP contribution in [0.15, 0.2) is 18.2 Å². The number of carbonyl (C=O) groups excluding carboxylic acids is 1. The van der Waals surface area contributed by atoms with E-state index in [-0.39, 0.29) is 5.91 Å². The van der Waals surface area contributed by atoms with Gasteiger partial charge in [0, 0.05) is 19.0 Å². The molecule has 20 heavy (non-hydrogen) atoms. The first-order valence-corrected chi connectivity index (χ1v) is 7.45. The summed E-state index contributed by atoms with van der Waals surface area (Å²) in [5.74, 6) is 0.790. The standard InChI is InChI=1S/C16H24N2O2/c1-3-10-20-15-11-12(2)4-7-14(15)18-16(19)8-9-17-13-5-6-13/h4,7,11,13,17H,3,5-6,8-10H2,1-2H3,(H,18,19). The van der Waals surface area contributed by atoms with Crippen LogP contribution in [0.4, 0.5) is 5.69 Å². The molecule has 0 unspecified atom stereocenters. The van der Waals surface area contributed by atoms with Gasteiger partial charge in [-0.2, -0.15) is 0 Å². The van der Waals surface area contributed by atoms with Crippen molar-refractivity contribution in [3.8, 4) is 5.75 Å².